The fourth-order valence-corrected chi connectivity index (χ4v) is 8.51. The summed E-state index contributed by atoms with van der Waals surface area (Å²) in [5.74, 6) is 5.62. The molecule has 2 heteroatoms. The van der Waals surface area contributed by atoms with E-state index in [0.29, 0.717) is 0 Å². The van der Waals surface area contributed by atoms with Gasteiger partial charge in [-0.15, -0.1) is 23.5 Å². The third kappa shape index (κ3) is 6.20. The number of benzene rings is 1. The zero-order valence-corrected chi connectivity index (χ0v) is 19.5. The highest BCUT2D eigenvalue weighted by molar-refractivity contribution is 8.17. The summed E-state index contributed by atoms with van der Waals surface area (Å²) in [6, 6.07) is 7.35. The number of hydrogen-bond donors (Lipinski definition) is 0. The third-order valence-electron chi connectivity index (χ3n) is 6.71. The topological polar surface area (TPSA) is 0 Å². The Morgan fingerprint density at radius 1 is 0.926 bits per heavy atom. The Labute approximate surface area is 177 Å². The summed E-state index contributed by atoms with van der Waals surface area (Å²) in [6.07, 6.45) is 13.8. The van der Waals surface area contributed by atoms with Crippen LogP contribution in [0, 0.1) is 18.8 Å². The molecule has 0 N–H and O–H groups in total. The van der Waals surface area contributed by atoms with Crippen molar-refractivity contribution >= 4 is 23.5 Å². The predicted molar refractivity (Wildman–Crippen MR) is 126 cm³/mol. The molecule has 0 unspecified atom stereocenters. The van der Waals surface area contributed by atoms with E-state index in [9.17, 15) is 0 Å². The molecule has 0 nitrogen and oxygen atoms in total. The van der Waals surface area contributed by atoms with Crippen LogP contribution < -0.4 is 0 Å². The standard InChI is InChI=1S/C25H40S2/c1-4-6-8-20-10-15-24(19(3)16-20)22-11-13-23(14-12-22)25-26-17-21(18-27-25)9-7-5-2/h10,15-16,21-23,25H,4-9,11-14,17-18H2,1-3H3/t21?,22-,23-,25?. The van der Waals surface area contributed by atoms with E-state index in [0.717, 1.165) is 22.3 Å². The predicted octanol–water partition coefficient (Wildman–Crippen LogP) is 8.22. The van der Waals surface area contributed by atoms with Gasteiger partial charge in [-0.2, -0.15) is 0 Å². The number of hydrogen-bond acceptors (Lipinski definition) is 2. The summed E-state index contributed by atoms with van der Waals surface area (Å²) in [4.78, 5) is 0. The minimum absolute atomic E-state index is 0.817. The molecule has 3 rings (SSSR count). The second-order valence-electron chi connectivity index (χ2n) is 8.95. The lowest BCUT2D eigenvalue weighted by molar-refractivity contribution is 0.342. The molecular formula is C25H40S2. The number of rotatable bonds is 8. The maximum Gasteiger partial charge on any atom is 0.0530 e. The number of unbranched alkanes of at least 4 members (excludes halogenated alkanes) is 2. The van der Waals surface area contributed by atoms with Gasteiger partial charge < -0.3 is 0 Å². The van der Waals surface area contributed by atoms with Crippen molar-refractivity contribution in [2.24, 2.45) is 11.8 Å². The van der Waals surface area contributed by atoms with Gasteiger partial charge in [-0.25, -0.2) is 0 Å². The first-order valence-corrected chi connectivity index (χ1v) is 13.6. The van der Waals surface area contributed by atoms with Crippen molar-refractivity contribution in [1.82, 2.24) is 0 Å². The van der Waals surface area contributed by atoms with E-state index in [-0.39, 0.29) is 0 Å². The van der Waals surface area contributed by atoms with Crippen LogP contribution in [0.25, 0.3) is 0 Å². The van der Waals surface area contributed by atoms with Gasteiger partial charge in [0.25, 0.3) is 0 Å². The Morgan fingerprint density at radius 3 is 2.26 bits per heavy atom. The summed E-state index contributed by atoms with van der Waals surface area (Å²) < 4.78 is 0.890. The van der Waals surface area contributed by atoms with Crippen molar-refractivity contribution in [3.63, 3.8) is 0 Å². The van der Waals surface area contributed by atoms with Crippen LogP contribution in [0.15, 0.2) is 18.2 Å². The van der Waals surface area contributed by atoms with Crippen LogP contribution in [0.2, 0.25) is 0 Å². The molecule has 1 aliphatic heterocycles. The Bertz CT molecular complexity index is 551. The largest absolute Gasteiger partial charge is 0.147 e. The summed E-state index contributed by atoms with van der Waals surface area (Å²) in [7, 11) is 0. The molecule has 1 aliphatic carbocycles. The Balaban J connectivity index is 1.46. The molecule has 0 spiro atoms. The lowest BCUT2D eigenvalue weighted by Crippen LogP contribution is -2.26. The molecule has 0 atom stereocenters. The molecule has 152 valence electrons. The lowest BCUT2D eigenvalue weighted by atomic mass is 9.78. The Kier molecular flexibility index (Phi) is 8.97. The van der Waals surface area contributed by atoms with Gasteiger partial charge in [0.1, 0.15) is 0 Å². The lowest BCUT2D eigenvalue weighted by Gasteiger charge is -2.37. The van der Waals surface area contributed by atoms with Crippen LogP contribution in [0.1, 0.15) is 94.2 Å². The minimum Gasteiger partial charge on any atom is -0.147 e. The van der Waals surface area contributed by atoms with E-state index < -0.39 is 0 Å². The van der Waals surface area contributed by atoms with Gasteiger partial charge in [-0.05, 0) is 97.8 Å². The van der Waals surface area contributed by atoms with E-state index in [1.54, 1.807) is 16.7 Å². The van der Waals surface area contributed by atoms with E-state index in [4.69, 9.17) is 0 Å². The van der Waals surface area contributed by atoms with Gasteiger partial charge in [-0.1, -0.05) is 51.3 Å². The Hall–Kier alpha value is -0.0800. The zero-order valence-electron chi connectivity index (χ0n) is 17.8. The molecule has 0 radical (unpaired) electrons. The summed E-state index contributed by atoms with van der Waals surface area (Å²) in [5, 5.41) is 0. The highest BCUT2D eigenvalue weighted by Crippen LogP contribution is 2.47. The molecule has 2 fully saturated rings. The summed E-state index contributed by atoms with van der Waals surface area (Å²) in [6.45, 7) is 6.96. The summed E-state index contributed by atoms with van der Waals surface area (Å²) in [5.41, 5.74) is 4.74. The fourth-order valence-electron chi connectivity index (χ4n) is 4.92. The molecule has 2 aliphatic rings. The van der Waals surface area contributed by atoms with E-state index >= 15 is 0 Å². The molecule has 1 saturated carbocycles. The van der Waals surface area contributed by atoms with Crippen LogP contribution in [-0.2, 0) is 6.42 Å². The molecule has 1 saturated heterocycles. The highest BCUT2D eigenvalue weighted by Gasteiger charge is 2.32. The van der Waals surface area contributed by atoms with Crippen molar-refractivity contribution in [2.75, 3.05) is 11.5 Å². The first kappa shape index (κ1) is 21.6. The van der Waals surface area contributed by atoms with E-state index in [1.807, 2.05) is 0 Å². The maximum atomic E-state index is 2.47. The Morgan fingerprint density at radius 2 is 1.63 bits per heavy atom. The quantitative estimate of drug-likeness (QED) is 0.428. The van der Waals surface area contributed by atoms with Crippen molar-refractivity contribution in [1.29, 1.82) is 0 Å². The molecule has 0 amide bonds. The first-order valence-electron chi connectivity index (χ1n) is 11.5. The normalized spacial score (nSPS) is 29.0. The molecule has 0 bridgehead atoms. The summed E-state index contributed by atoms with van der Waals surface area (Å²) >= 11 is 4.60. The fraction of sp³-hybridized carbons (Fsp3) is 0.760. The van der Waals surface area contributed by atoms with Gasteiger partial charge in [0, 0.05) is 0 Å². The van der Waals surface area contributed by atoms with Gasteiger partial charge in [0.15, 0.2) is 0 Å². The first-order chi connectivity index (χ1) is 13.2. The van der Waals surface area contributed by atoms with Crippen molar-refractivity contribution in [2.45, 2.75) is 95.5 Å². The van der Waals surface area contributed by atoms with Crippen molar-refractivity contribution in [3.8, 4) is 0 Å². The zero-order chi connectivity index (χ0) is 19.1. The second kappa shape index (κ2) is 11.2. The van der Waals surface area contributed by atoms with Gasteiger partial charge in [0.2, 0.25) is 0 Å². The molecule has 1 aromatic carbocycles. The van der Waals surface area contributed by atoms with Crippen LogP contribution in [-0.4, -0.2) is 16.1 Å². The van der Waals surface area contributed by atoms with Crippen LogP contribution in [0.5, 0.6) is 0 Å². The van der Waals surface area contributed by atoms with Crippen LogP contribution in [0.4, 0.5) is 0 Å². The molecule has 27 heavy (non-hydrogen) atoms. The van der Waals surface area contributed by atoms with Gasteiger partial charge in [0.05, 0.1) is 4.58 Å². The second-order valence-corrected chi connectivity index (χ2v) is 11.6. The number of thioether (sulfide) groups is 2. The van der Waals surface area contributed by atoms with Crippen LogP contribution in [0.3, 0.4) is 0 Å². The van der Waals surface area contributed by atoms with Gasteiger partial charge >= 0.3 is 0 Å². The highest BCUT2D eigenvalue weighted by atomic mass is 32.2. The van der Waals surface area contributed by atoms with Crippen molar-refractivity contribution < 1.29 is 0 Å². The average molecular weight is 405 g/mol. The molecule has 1 aromatic rings. The monoisotopic (exact) mass is 404 g/mol. The molecule has 1 heterocycles. The van der Waals surface area contributed by atoms with Gasteiger partial charge in [-0.3, -0.25) is 0 Å². The maximum absolute atomic E-state index is 2.47. The van der Waals surface area contributed by atoms with E-state index in [2.05, 4.69) is 62.5 Å². The number of aryl methyl sites for hydroxylation is 2. The molecule has 0 aromatic heterocycles. The van der Waals surface area contributed by atoms with Crippen LogP contribution >= 0.6 is 23.5 Å². The average Bonchev–Trinajstić information content (AvgIpc) is 2.71. The smallest absolute Gasteiger partial charge is 0.0530 e. The third-order valence-corrected chi connectivity index (χ3v) is 10.3. The van der Waals surface area contributed by atoms with Crippen molar-refractivity contribution in [3.05, 3.63) is 34.9 Å². The molecular weight excluding hydrogens is 364 g/mol. The van der Waals surface area contributed by atoms with E-state index in [1.165, 1.54) is 75.7 Å². The SMILES string of the molecule is CCCCc1ccc([C@H]2CC[C@H](C3SCC(CCCC)CS3)CC2)c(C)c1. The minimum atomic E-state index is 0.817.